The topological polar surface area (TPSA) is 69.4 Å². The summed E-state index contributed by atoms with van der Waals surface area (Å²) in [6, 6.07) is 7.81. The van der Waals surface area contributed by atoms with E-state index in [1.807, 2.05) is 24.3 Å². The SMILES string of the molecule is COc1ccc(Cc2nc(C3CNCCO3)no2)cc1. The molecule has 2 aromatic rings. The van der Waals surface area contributed by atoms with Crippen LogP contribution in [0.4, 0.5) is 0 Å². The van der Waals surface area contributed by atoms with E-state index in [4.69, 9.17) is 14.0 Å². The molecule has 6 heteroatoms. The van der Waals surface area contributed by atoms with E-state index in [1.54, 1.807) is 7.11 Å². The monoisotopic (exact) mass is 275 g/mol. The predicted molar refractivity (Wildman–Crippen MR) is 71.7 cm³/mol. The van der Waals surface area contributed by atoms with Crippen LogP contribution < -0.4 is 10.1 Å². The summed E-state index contributed by atoms with van der Waals surface area (Å²) < 4.78 is 16.0. The lowest BCUT2D eigenvalue weighted by Gasteiger charge is -2.20. The molecule has 1 fully saturated rings. The van der Waals surface area contributed by atoms with Gasteiger partial charge in [-0.2, -0.15) is 4.98 Å². The standard InChI is InChI=1S/C14H17N3O3/c1-18-11-4-2-10(3-5-11)8-13-16-14(17-20-13)12-9-15-6-7-19-12/h2-5,12,15H,6-9H2,1H3. The first-order valence-corrected chi connectivity index (χ1v) is 6.63. The van der Waals surface area contributed by atoms with Crippen LogP contribution in [0.2, 0.25) is 0 Å². The summed E-state index contributed by atoms with van der Waals surface area (Å²) in [6.45, 7) is 2.27. The number of nitrogens with one attached hydrogen (secondary N) is 1. The number of hydrogen-bond donors (Lipinski definition) is 1. The van der Waals surface area contributed by atoms with Gasteiger partial charge in [-0.3, -0.25) is 0 Å². The van der Waals surface area contributed by atoms with Crippen LogP contribution in [-0.4, -0.2) is 36.9 Å². The molecule has 2 heterocycles. The van der Waals surface area contributed by atoms with Gasteiger partial charge in [0.15, 0.2) is 0 Å². The van der Waals surface area contributed by atoms with Crippen LogP contribution in [0.25, 0.3) is 0 Å². The van der Waals surface area contributed by atoms with E-state index in [0.717, 1.165) is 24.4 Å². The maximum absolute atomic E-state index is 5.59. The zero-order valence-corrected chi connectivity index (χ0v) is 11.3. The molecule has 0 radical (unpaired) electrons. The van der Waals surface area contributed by atoms with Gasteiger partial charge >= 0.3 is 0 Å². The maximum Gasteiger partial charge on any atom is 0.231 e. The summed E-state index contributed by atoms with van der Waals surface area (Å²) in [7, 11) is 1.65. The Hall–Kier alpha value is -1.92. The number of nitrogens with zero attached hydrogens (tertiary/aromatic N) is 2. The fourth-order valence-corrected chi connectivity index (χ4v) is 2.12. The molecule has 0 amide bonds. The van der Waals surface area contributed by atoms with E-state index >= 15 is 0 Å². The van der Waals surface area contributed by atoms with E-state index in [0.29, 0.717) is 24.7 Å². The van der Waals surface area contributed by atoms with Gasteiger partial charge in [-0.25, -0.2) is 0 Å². The van der Waals surface area contributed by atoms with Crippen molar-refractivity contribution in [3.8, 4) is 5.75 Å². The van der Waals surface area contributed by atoms with Crippen molar-refractivity contribution in [1.29, 1.82) is 0 Å². The number of morpholine rings is 1. The summed E-state index contributed by atoms with van der Waals surface area (Å²) in [5.41, 5.74) is 1.10. The zero-order valence-electron chi connectivity index (χ0n) is 11.3. The van der Waals surface area contributed by atoms with Crippen molar-refractivity contribution in [3.05, 3.63) is 41.5 Å². The summed E-state index contributed by atoms with van der Waals surface area (Å²) >= 11 is 0. The Bertz CT molecular complexity index is 547. The molecular weight excluding hydrogens is 258 g/mol. The van der Waals surface area contributed by atoms with Gasteiger partial charge in [0.25, 0.3) is 0 Å². The molecule has 106 valence electrons. The molecule has 1 atom stereocenters. The molecule has 0 saturated carbocycles. The Kier molecular flexibility index (Phi) is 3.94. The lowest BCUT2D eigenvalue weighted by Crippen LogP contribution is -2.33. The van der Waals surface area contributed by atoms with Crippen LogP contribution in [0, 0.1) is 0 Å². The van der Waals surface area contributed by atoms with E-state index in [-0.39, 0.29) is 6.10 Å². The number of hydrogen-bond acceptors (Lipinski definition) is 6. The average molecular weight is 275 g/mol. The van der Waals surface area contributed by atoms with Gasteiger partial charge in [0.05, 0.1) is 20.1 Å². The fourth-order valence-electron chi connectivity index (χ4n) is 2.12. The smallest absolute Gasteiger partial charge is 0.231 e. The third-order valence-electron chi connectivity index (χ3n) is 3.21. The van der Waals surface area contributed by atoms with Gasteiger partial charge in [0, 0.05) is 13.1 Å². The molecule has 1 aromatic carbocycles. The highest BCUT2D eigenvalue weighted by Crippen LogP contribution is 2.18. The lowest BCUT2D eigenvalue weighted by atomic mass is 10.1. The quantitative estimate of drug-likeness (QED) is 0.907. The number of ether oxygens (including phenoxy) is 2. The molecule has 6 nitrogen and oxygen atoms in total. The highest BCUT2D eigenvalue weighted by atomic mass is 16.5. The van der Waals surface area contributed by atoms with Crippen molar-refractivity contribution in [2.24, 2.45) is 0 Å². The van der Waals surface area contributed by atoms with E-state index in [9.17, 15) is 0 Å². The van der Waals surface area contributed by atoms with Gasteiger partial charge in [-0.1, -0.05) is 17.3 Å². The van der Waals surface area contributed by atoms with E-state index in [1.165, 1.54) is 0 Å². The molecule has 1 unspecified atom stereocenters. The maximum atomic E-state index is 5.59. The highest BCUT2D eigenvalue weighted by molar-refractivity contribution is 5.28. The van der Waals surface area contributed by atoms with Crippen molar-refractivity contribution in [2.45, 2.75) is 12.5 Å². The molecule has 0 aliphatic carbocycles. The van der Waals surface area contributed by atoms with Crippen LogP contribution in [0.3, 0.4) is 0 Å². The van der Waals surface area contributed by atoms with Crippen LogP contribution in [-0.2, 0) is 11.2 Å². The van der Waals surface area contributed by atoms with Crippen molar-refractivity contribution in [2.75, 3.05) is 26.8 Å². The minimum Gasteiger partial charge on any atom is -0.497 e. The molecule has 1 aromatic heterocycles. The summed E-state index contributed by atoms with van der Waals surface area (Å²) in [4.78, 5) is 4.40. The molecule has 1 aliphatic heterocycles. The number of benzene rings is 1. The van der Waals surface area contributed by atoms with Crippen molar-refractivity contribution >= 4 is 0 Å². The third kappa shape index (κ3) is 2.97. The van der Waals surface area contributed by atoms with E-state index in [2.05, 4.69) is 15.5 Å². The molecule has 20 heavy (non-hydrogen) atoms. The first-order chi connectivity index (χ1) is 9.85. The number of aromatic nitrogens is 2. The fraction of sp³-hybridized carbons (Fsp3) is 0.429. The summed E-state index contributed by atoms with van der Waals surface area (Å²) in [5.74, 6) is 2.04. The molecular formula is C14H17N3O3. The number of methoxy groups -OCH3 is 1. The van der Waals surface area contributed by atoms with Gasteiger partial charge < -0.3 is 19.3 Å². The van der Waals surface area contributed by atoms with Gasteiger partial charge in [0.2, 0.25) is 11.7 Å². The first kappa shape index (κ1) is 13.1. The summed E-state index contributed by atoms with van der Waals surface area (Å²) in [6.07, 6.45) is 0.494. The second-order valence-corrected chi connectivity index (χ2v) is 4.63. The normalized spacial score (nSPS) is 18.9. The second-order valence-electron chi connectivity index (χ2n) is 4.63. The van der Waals surface area contributed by atoms with Crippen LogP contribution in [0.15, 0.2) is 28.8 Å². The molecule has 3 rings (SSSR count). The second kappa shape index (κ2) is 6.02. The van der Waals surface area contributed by atoms with Gasteiger partial charge in [-0.05, 0) is 17.7 Å². The molecule has 1 N–H and O–H groups in total. The Morgan fingerprint density at radius 2 is 2.20 bits per heavy atom. The van der Waals surface area contributed by atoms with Crippen LogP contribution in [0.1, 0.15) is 23.4 Å². The Morgan fingerprint density at radius 3 is 2.90 bits per heavy atom. The third-order valence-corrected chi connectivity index (χ3v) is 3.21. The summed E-state index contributed by atoms with van der Waals surface area (Å²) in [5, 5.41) is 7.24. The Balaban J connectivity index is 1.66. The highest BCUT2D eigenvalue weighted by Gasteiger charge is 2.21. The molecule has 1 saturated heterocycles. The zero-order chi connectivity index (χ0) is 13.8. The van der Waals surface area contributed by atoms with Crippen molar-refractivity contribution in [3.63, 3.8) is 0 Å². The van der Waals surface area contributed by atoms with Crippen LogP contribution in [0.5, 0.6) is 5.75 Å². The van der Waals surface area contributed by atoms with E-state index < -0.39 is 0 Å². The molecule has 0 spiro atoms. The van der Waals surface area contributed by atoms with Gasteiger partial charge in [0.1, 0.15) is 11.9 Å². The minimum atomic E-state index is -0.114. The minimum absolute atomic E-state index is 0.114. The predicted octanol–water partition coefficient (Wildman–Crippen LogP) is 1.33. The number of rotatable bonds is 4. The Labute approximate surface area is 117 Å². The van der Waals surface area contributed by atoms with Crippen molar-refractivity contribution < 1.29 is 14.0 Å². The molecule has 0 bridgehead atoms. The first-order valence-electron chi connectivity index (χ1n) is 6.63. The lowest BCUT2D eigenvalue weighted by molar-refractivity contribution is 0.0208. The van der Waals surface area contributed by atoms with Crippen LogP contribution >= 0.6 is 0 Å². The molecule has 1 aliphatic rings. The van der Waals surface area contributed by atoms with Gasteiger partial charge in [-0.15, -0.1) is 0 Å². The van der Waals surface area contributed by atoms with Crippen molar-refractivity contribution in [1.82, 2.24) is 15.5 Å². The average Bonchev–Trinajstić information content (AvgIpc) is 2.97. The Morgan fingerprint density at radius 1 is 1.35 bits per heavy atom. The largest absolute Gasteiger partial charge is 0.497 e.